The molecule has 1 aliphatic rings. The van der Waals surface area contributed by atoms with Crippen molar-refractivity contribution in [2.75, 3.05) is 11.4 Å². The third kappa shape index (κ3) is 2.82. The van der Waals surface area contributed by atoms with Crippen molar-refractivity contribution in [2.24, 2.45) is 7.05 Å². The smallest absolute Gasteiger partial charge is 0.310 e. The number of halogens is 1. The highest BCUT2D eigenvalue weighted by Crippen LogP contribution is 2.34. The van der Waals surface area contributed by atoms with Crippen LogP contribution >= 0.6 is 0 Å². The van der Waals surface area contributed by atoms with Crippen LogP contribution in [-0.4, -0.2) is 25.2 Å². The summed E-state index contributed by atoms with van der Waals surface area (Å²) in [5, 5.41) is 0. The van der Waals surface area contributed by atoms with E-state index < -0.39 is 17.1 Å². The van der Waals surface area contributed by atoms with Crippen molar-refractivity contribution in [1.82, 2.24) is 18.7 Å². The molecule has 0 bridgehead atoms. The molecule has 8 heteroatoms. The highest BCUT2D eigenvalue weighted by Gasteiger charge is 2.29. The van der Waals surface area contributed by atoms with E-state index in [4.69, 9.17) is 0 Å². The Morgan fingerprint density at radius 1 is 1.03 bits per heavy atom. The first-order chi connectivity index (χ1) is 14.9. The molecule has 2 aromatic carbocycles. The molecule has 4 aromatic rings. The minimum absolute atomic E-state index is 0.130. The van der Waals surface area contributed by atoms with Gasteiger partial charge in [-0.1, -0.05) is 30.3 Å². The topological polar surface area (TPSA) is 65.1 Å². The summed E-state index contributed by atoms with van der Waals surface area (Å²) in [6, 6.07) is 12.3. The maximum atomic E-state index is 14.2. The second-order valence-electron chi connectivity index (χ2n) is 7.93. The lowest BCUT2D eigenvalue weighted by atomic mass is 10.1. The molecule has 158 valence electrons. The lowest BCUT2D eigenvalue weighted by molar-refractivity contribution is 0.582. The van der Waals surface area contributed by atoms with Crippen LogP contribution in [0.3, 0.4) is 0 Å². The number of imidazole rings is 1. The summed E-state index contributed by atoms with van der Waals surface area (Å²) in [7, 11) is 1.59. The van der Waals surface area contributed by atoms with E-state index in [1.807, 2.05) is 16.7 Å². The molecule has 0 radical (unpaired) electrons. The van der Waals surface area contributed by atoms with Crippen LogP contribution in [-0.2, 0) is 20.1 Å². The van der Waals surface area contributed by atoms with E-state index in [0.717, 1.165) is 15.8 Å². The molecule has 7 nitrogen and oxygen atoms in total. The first-order valence-corrected chi connectivity index (χ1v) is 10.2. The van der Waals surface area contributed by atoms with Gasteiger partial charge in [-0.3, -0.25) is 13.9 Å². The van der Waals surface area contributed by atoms with Gasteiger partial charge in [0, 0.05) is 31.4 Å². The van der Waals surface area contributed by atoms with Crippen molar-refractivity contribution < 1.29 is 4.39 Å². The lowest BCUT2D eigenvalue weighted by Gasteiger charge is -2.19. The van der Waals surface area contributed by atoms with Gasteiger partial charge in [0.1, 0.15) is 5.82 Å². The van der Waals surface area contributed by atoms with Crippen LogP contribution in [0.15, 0.2) is 52.1 Å². The Bertz CT molecular complexity index is 1460. The van der Waals surface area contributed by atoms with Gasteiger partial charge in [0.05, 0.1) is 6.54 Å². The molecule has 0 saturated heterocycles. The predicted octanol–water partition coefficient (Wildman–Crippen LogP) is 2.85. The number of rotatable bonds is 3. The van der Waals surface area contributed by atoms with E-state index in [1.54, 1.807) is 25.2 Å². The van der Waals surface area contributed by atoms with Crippen molar-refractivity contribution in [2.45, 2.75) is 26.9 Å². The van der Waals surface area contributed by atoms with Gasteiger partial charge in [0.2, 0.25) is 5.95 Å². The largest absolute Gasteiger partial charge is 0.332 e. The zero-order chi connectivity index (χ0) is 21.9. The van der Waals surface area contributed by atoms with Crippen LogP contribution in [0.5, 0.6) is 0 Å². The maximum absolute atomic E-state index is 14.2. The van der Waals surface area contributed by atoms with Crippen LogP contribution in [0, 0.1) is 19.7 Å². The molecule has 31 heavy (non-hydrogen) atoms. The number of fused-ring (bicyclic) bond motifs is 3. The predicted molar refractivity (Wildman–Crippen MR) is 118 cm³/mol. The standard InChI is InChI=1S/C23H22FN5O2/c1-14-7-6-10-18(15(14)2)27-11-12-28-19-20(25-22(27)28)26(3)23(31)29(21(19)30)13-16-8-4-5-9-17(16)24/h4-10H,11-13H2,1-3H3. The Hall–Kier alpha value is -3.68. The van der Waals surface area contributed by atoms with Crippen LogP contribution in [0.25, 0.3) is 11.2 Å². The molecule has 0 unspecified atom stereocenters. The summed E-state index contributed by atoms with van der Waals surface area (Å²) in [6.07, 6.45) is 0. The minimum Gasteiger partial charge on any atom is -0.310 e. The van der Waals surface area contributed by atoms with Gasteiger partial charge in [0.25, 0.3) is 5.56 Å². The van der Waals surface area contributed by atoms with E-state index in [2.05, 4.69) is 29.8 Å². The highest BCUT2D eigenvalue weighted by atomic mass is 19.1. The summed E-state index contributed by atoms with van der Waals surface area (Å²) in [4.78, 5) is 33.0. The summed E-state index contributed by atoms with van der Waals surface area (Å²) >= 11 is 0. The van der Waals surface area contributed by atoms with Crippen molar-refractivity contribution >= 4 is 22.8 Å². The highest BCUT2D eigenvalue weighted by molar-refractivity contribution is 5.78. The van der Waals surface area contributed by atoms with Crippen molar-refractivity contribution in [3.05, 3.63) is 85.8 Å². The Morgan fingerprint density at radius 2 is 1.81 bits per heavy atom. The van der Waals surface area contributed by atoms with Crippen molar-refractivity contribution in [1.29, 1.82) is 0 Å². The monoisotopic (exact) mass is 419 g/mol. The van der Waals surface area contributed by atoms with Crippen LogP contribution < -0.4 is 16.1 Å². The molecule has 0 spiro atoms. The fourth-order valence-corrected chi connectivity index (χ4v) is 4.27. The first kappa shape index (κ1) is 19.3. The van der Waals surface area contributed by atoms with Gasteiger partial charge < -0.3 is 9.47 Å². The van der Waals surface area contributed by atoms with Gasteiger partial charge >= 0.3 is 5.69 Å². The quantitative estimate of drug-likeness (QED) is 0.512. The van der Waals surface area contributed by atoms with E-state index in [0.29, 0.717) is 35.8 Å². The van der Waals surface area contributed by atoms with Gasteiger partial charge in [-0.15, -0.1) is 0 Å². The van der Waals surface area contributed by atoms with Crippen LogP contribution in [0.1, 0.15) is 16.7 Å². The molecule has 0 amide bonds. The number of aromatic nitrogens is 4. The first-order valence-electron chi connectivity index (χ1n) is 10.2. The Kier molecular flexibility index (Phi) is 4.32. The summed E-state index contributed by atoms with van der Waals surface area (Å²) in [5.41, 5.74) is 3.37. The minimum atomic E-state index is -0.518. The molecule has 5 rings (SSSR count). The SMILES string of the molecule is Cc1cccc(N2CCn3c2nc2c3c(=O)n(Cc3ccccc3F)c(=O)n2C)c1C. The van der Waals surface area contributed by atoms with E-state index in [-0.39, 0.29) is 6.54 Å². The second-order valence-corrected chi connectivity index (χ2v) is 7.93. The average Bonchev–Trinajstić information content (AvgIpc) is 3.32. The number of benzene rings is 2. The molecule has 1 aliphatic heterocycles. The van der Waals surface area contributed by atoms with Crippen LogP contribution in [0.2, 0.25) is 0 Å². The van der Waals surface area contributed by atoms with E-state index in [9.17, 15) is 14.0 Å². The van der Waals surface area contributed by atoms with Crippen LogP contribution in [0.4, 0.5) is 16.0 Å². The molecular weight excluding hydrogens is 397 g/mol. The number of aryl methyl sites for hydroxylation is 2. The second kappa shape index (κ2) is 6.94. The van der Waals surface area contributed by atoms with Gasteiger partial charge in [-0.25, -0.2) is 9.18 Å². The summed E-state index contributed by atoms with van der Waals surface area (Å²) in [5.74, 6) is 0.190. The number of nitrogens with zero attached hydrogens (tertiary/aromatic N) is 5. The van der Waals surface area contributed by atoms with Crippen molar-refractivity contribution in [3.63, 3.8) is 0 Å². The molecule has 0 fully saturated rings. The third-order valence-corrected chi connectivity index (χ3v) is 6.15. The van der Waals surface area contributed by atoms with Gasteiger partial charge in [-0.2, -0.15) is 4.98 Å². The van der Waals surface area contributed by atoms with E-state index in [1.165, 1.54) is 16.2 Å². The third-order valence-electron chi connectivity index (χ3n) is 6.15. The molecule has 2 aromatic heterocycles. The lowest BCUT2D eigenvalue weighted by Crippen LogP contribution is -2.40. The number of hydrogen-bond acceptors (Lipinski definition) is 4. The molecular formula is C23H22FN5O2. The number of hydrogen-bond donors (Lipinski definition) is 0. The maximum Gasteiger partial charge on any atom is 0.332 e. The average molecular weight is 419 g/mol. The fourth-order valence-electron chi connectivity index (χ4n) is 4.27. The summed E-state index contributed by atoms with van der Waals surface area (Å²) in [6.45, 7) is 5.25. The normalized spacial score (nSPS) is 13.2. The Labute approximate surface area is 177 Å². The summed E-state index contributed by atoms with van der Waals surface area (Å²) < 4.78 is 18.5. The zero-order valence-electron chi connectivity index (χ0n) is 17.6. The van der Waals surface area contributed by atoms with Gasteiger partial charge in [0.15, 0.2) is 11.2 Å². The number of anilines is 2. The molecule has 0 saturated carbocycles. The van der Waals surface area contributed by atoms with E-state index >= 15 is 0 Å². The van der Waals surface area contributed by atoms with Crippen molar-refractivity contribution in [3.8, 4) is 0 Å². The Balaban J connectivity index is 1.71. The Morgan fingerprint density at radius 3 is 2.58 bits per heavy atom. The zero-order valence-corrected chi connectivity index (χ0v) is 17.6. The molecule has 0 atom stereocenters. The fraction of sp³-hybridized carbons (Fsp3) is 0.261. The molecule has 0 aliphatic carbocycles. The van der Waals surface area contributed by atoms with Gasteiger partial charge in [-0.05, 0) is 37.1 Å². The molecule has 3 heterocycles. The molecule has 0 N–H and O–H groups in total.